The lowest BCUT2D eigenvalue weighted by Gasteiger charge is -2.30. The van der Waals surface area contributed by atoms with E-state index < -0.39 is 0 Å². The summed E-state index contributed by atoms with van der Waals surface area (Å²) >= 11 is 1.93. The number of aromatic nitrogens is 1. The molecule has 2 nitrogen and oxygen atoms in total. The average Bonchev–Trinajstić information content (AvgIpc) is 3.63. The van der Waals surface area contributed by atoms with Crippen LogP contribution in [0.5, 0.6) is 0 Å². The van der Waals surface area contributed by atoms with Crippen LogP contribution < -0.4 is 14.7 Å². The van der Waals surface area contributed by atoms with Gasteiger partial charge in [-0.15, -0.1) is 11.3 Å². The van der Waals surface area contributed by atoms with Crippen molar-refractivity contribution in [2.45, 2.75) is 59.4 Å². The van der Waals surface area contributed by atoms with Crippen molar-refractivity contribution in [1.82, 2.24) is 4.57 Å². The number of benzene rings is 4. The molecule has 48 heavy (non-hydrogen) atoms. The van der Waals surface area contributed by atoms with Gasteiger partial charge in [-0.2, -0.15) is 0 Å². The zero-order valence-corrected chi connectivity index (χ0v) is 29.0. The molecule has 0 spiro atoms. The number of thiophene rings is 1. The summed E-state index contributed by atoms with van der Waals surface area (Å²) in [4.78, 5) is 2.51. The van der Waals surface area contributed by atoms with Gasteiger partial charge < -0.3 is 9.47 Å². The third kappa shape index (κ3) is 5.27. The van der Waals surface area contributed by atoms with Gasteiger partial charge in [0.25, 0.3) is 0 Å². The van der Waals surface area contributed by atoms with E-state index in [1.807, 2.05) is 17.4 Å². The van der Waals surface area contributed by atoms with Crippen LogP contribution in [0.4, 0.5) is 17.1 Å². The lowest BCUT2D eigenvalue weighted by Crippen LogP contribution is -2.20. The number of anilines is 3. The lowest BCUT2D eigenvalue weighted by molar-refractivity contribution is 0.739. The first-order valence-corrected chi connectivity index (χ1v) is 18.1. The number of nitrogens with zero attached hydrogens (tertiary/aromatic N) is 2. The van der Waals surface area contributed by atoms with Crippen LogP contribution in [-0.2, 0) is 6.54 Å². The van der Waals surface area contributed by atoms with Crippen LogP contribution in [0, 0.1) is 6.92 Å². The van der Waals surface area contributed by atoms with E-state index in [0.29, 0.717) is 0 Å². The summed E-state index contributed by atoms with van der Waals surface area (Å²) in [6.45, 7) is 11.6. The molecular weight excluding hydrogens is 601 g/mol. The summed E-state index contributed by atoms with van der Waals surface area (Å²) in [7, 11) is 0. The van der Waals surface area contributed by atoms with Crippen LogP contribution in [0.15, 0.2) is 121 Å². The van der Waals surface area contributed by atoms with Crippen LogP contribution in [0.1, 0.15) is 57.1 Å². The molecule has 0 saturated heterocycles. The van der Waals surface area contributed by atoms with E-state index >= 15 is 0 Å². The summed E-state index contributed by atoms with van der Waals surface area (Å²) in [5, 5.41) is 5.37. The summed E-state index contributed by atoms with van der Waals surface area (Å²) in [5.41, 5.74) is 12.9. The van der Waals surface area contributed by atoms with E-state index in [9.17, 15) is 0 Å². The van der Waals surface area contributed by atoms with Crippen molar-refractivity contribution in [3.8, 4) is 0 Å². The standard InChI is InChI=1S/C45H42N2S/c1-5-13-30(2)26-27-46-40-19-10-8-17-36(40)39-28-33(23-25-41(39)46)47(34-22-24-38-37-18-9-11-21-43(37)48-44(38)29-34)42-20-12-15-32(4)45(42)35-16-7-6-14-31(35)3/h5,7-8,10,12-13,15-25,28-29H,1,6,9,11,14,26-27H2,2-4H3/b30-13-. The van der Waals surface area contributed by atoms with E-state index in [1.165, 1.54) is 86.6 Å². The van der Waals surface area contributed by atoms with Crippen molar-refractivity contribution in [1.29, 1.82) is 0 Å². The van der Waals surface area contributed by atoms with Gasteiger partial charge in [-0.05, 0) is 112 Å². The molecule has 0 aliphatic heterocycles. The van der Waals surface area contributed by atoms with Gasteiger partial charge in [0, 0.05) is 59.9 Å². The molecule has 4 aromatic carbocycles. The fourth-order valence-corrected chi connectivity index (χ4v) is 8.96. The molecular formula is C45H42N2S. The van der Waals surface area contributed by atoms with E-state index in [0.717, 1.165) is 38.6 Å². The molecule has 238 valence electrons. The van der Waals surface area contributed by atoms with Crippen molar-refractivity contribution in [3.05, 3.63) is 142 Å². The molecule has 0 atom stereocenters. The van der Waals surface area contributed by atoms with Crippen LogP contribution in [0.2, 0.25) is 0 Å². The molecule has 2 aromatic heterocycles. The van der Waals surface area contributed by atoms with Crippen LogP contribution >= 0.6 is 11.3 Å². The minimum Gasteiger partial charge on any atom is -0.340 e. The quantitative estimate of drug-likeness (QED) is 0.150. The number of para-hydroxylation sites is 1. The number of aryl methyl sites for hydroxylation is 2. The molecule has 0 saturated carbocycles. The molecule has 0 amide bonds. The first-order chi connectivity index (χ1) is 23.5. The normalized spacial score (nSPS) is 14.8. The second-order valence-corrected chi connectivity index (χ2v) is 14.4. The Bertz CT molecular complexity index is 2460. The topological polar surface area (TPSA) is 8.17 Å². The molecule has 0 fully saturated rings. The lowest BCUT2D eigenvalue weighted by atomic mass is 9.89. The summed E-state index contributed by atoms with van der Waals surface area (Å²) in [6.07, 6.45) is 19.0. The van der Waals surface area contributed by atoms with Gasteiger partial charge in [0.2, 0.25) is 0 Å². The van der Waals surface area contributed by atoms with Crippen LogP contribution in [0.3, 0.4) is 0 Å². The van der Waals surface area contributed by atoms with Gasteiger partial charge in [0.15, 0.2) is 0 Å². The third-order valence-electron chi connectivity index (χ3n) is 10.2. The monoisotopic (exact) mass is 642 g/mol. The Morgan fingerprint density at radius 2 is 1.67 bits per heavy atom. The molecule has 2 aliphatic rings. The maximum atomic E-state index is 3.90. The van der Waals surface area contributed by atoms with Crippen molar-refractivity contribution >= 4 is 78.0 Å². The van der Waals surface area contributed by atoms with E-state index in [1.54, 1.807) is 0 Å². The fraction of sp³-hybridized carbons (Fsp3) is 0.200. The maximum absolute atomic E-state index is 3.90. The van der Waals surface area contributed by atoms with Crippen molar-refractivity contribution in [2.75, 3.05) is 4.90 Å². The van der Waals surface area contributed by atoms with Gasteiger partial charge in [0.1, 0.15) is 0 Å². The molecule has 3 heteroatoms. The molecule has 0 radical (unpaired) electrons. The number of hydrogen-bond donors (Lipinski definition) is 0. The van der Waals surface area contributed by atoms with Gasteiger partial charge in [-0.3, -0.25) is 0 Å². The first kappa shape index (κ1) is 30.5. The molecule has 8 rings (SSSR count). The Hall–Kier alpha value is -4.86. The Labute approximate surface area is 287 Å². The number of rotatable bonds is 8. The zero-order valence-electron chi connectivity index (χ0n) is 28.2. The van der Waals surface area contributed by atoms with E-state index in [-0.39, 0.29) is 0 Å². The Kier molecular flexibility index (Phi) is 8.02. The number of hydrogen-bond acceptors (Lipinski definition) is 2. The molecule has 0 bridgehead atoms. The molecule has 0 N–H and O–H groups in total. The highest BCUT2D eigenvalue weighted by atomic mass is 32.1. The summed E-state index contributed by atoms with van der Waals surface area (Å²) in [6, 6.07) is 29.9. The Morgan fingerprint density at radius 1 is 0.854 bits per heavy atom. The van der Waals surface area contributed by atoms with Crippen LogP contribution in [0.25, 0.3) is 49.6 Å². The minimum atomic E-state index is 0.929. The minimum absolute atomic E-state index is 0.929. The van der Waals surface area contributed by atoms with Crippen molar-refractivity contribution in [3.63, 3.8) is 0 Å². The van der Waals surface area contributed by atoms with Crippen LogP contribution in [-0.4, -0.2) is 4.57 Å². The second-order valence-electron chi connectivity index (χ2n) is 13.4. The van der Waals surface area contributed by atoms with Gasteiger partial charge >= 0.3 is 0 Å². The van der Waals surface area contributed by atoms with Gasteiger partial charge in [-0.1, -0.05) is 90.6 Å². The first-order valence-electron chi connectivity index (χ1n) is 17.3. The van der Waals surface area contributed by atoms with Gasteiger partial charge in [0.05, 0.1) is 5.69 Å². The van der Waals surface area contributed by atoms with Crippen molar-refractivity contribution in [2.24, 2.45) is 0 Å². The Morgan fingerprint density at radius 3 is 2.54 bits per heavy atom. The second kappa shape index (κ2) is 12.6. The fourth-order valence-electron chi connectivity index (χ4n) is 7.75. The molecule has 0 unspecified atom stereocenters. The Balaban J connectivity index is 1.37. The highest BCUT2D eigenvalue weighted by Gasteiger charge is 2.23. The largest absolute Gasteiger partial charge is 0.340 e. The van der Waals surface area contributed by atoms with Gasteiger partial charge in [-0.25, -0.2) is 0 Å². The predicted molar refractivity (Wildman–Crippen MR) is 211 cm³/mol. The van der Waals surface area contributed by atoms with Crippen molar-refractivity contribution < 1.29 is 0 Å². The zero-order chi connectivity index (χ0) is 32.8. The number of allylic oxidation sites excluding steroid dienone is 7. The molecule has 2 aliphatic carbocycles. The summed E-state index contributed by atoms with van der Waals surface area (Å²) < 4.78 is 5.25. The highest BCUT2D eigenvalue weighted by Crippen LogP contribution is 2.45. The maximum Gasteiger partial charge on any atom is 0.0542 e. The molecule has 2 heterocycles. The highest BCUT2D eigenvalue weighted by molar-refractivity contribution is 7.17. The molecule has 6 aromatic rings. The smallest absolute Gasteiger partial charge is 0.0542 e. The summed E-state index contributed by atoms with van der Waals surface area (Å²) in [5.74, 6) is 0. The average molecular weight is 643 g/mol. The number of fused-ring (bicyclic) bond motifs is 6. The predicted octanol–water partition coefficient (Wildman–Crippen LogP) is 11.8. The van der Waals surface area contributed by atoms with E-state index in [2.05, 4.69) is 146 Å². The third-order valence-corrected chi connectivity index (χ3v) is 11.3. The van der Waals surface area contributed by atoms with E-state index in [4.69, 9.17) is 0 Å². The SMILES string of the molecule is C=C/C=C(/C)CCn1c2ccccc2c2cc(N(c3ccc4c5c(sc4c3)=CCCC=5)c3cccc(C)c3C3=C(C)CCC=C3)ccc21.